The Morgan fingerprint density at radius 2 is 1.77 bits per heavy atom. The Balaban J connectivity index is 1.63. The summed E-state index contributed by atoms with van der Waals surface area (Å²) in [5, 5.41) is 23.3. The fraction of sp³-hybridized carbons (Fsp3) is 0.379. The molecule has 202 valence electrons. The number of aliphatic hydroxyl groups is 1. The van der Waals surface area contributed by atoms with Crippen LogP contribution in [0.2, 0.25) is 0 Å². The van der Waals surface area contributed by atoms with Crippen molar-refractivity contribution in [3.63, 3.8) is 0 Å². The maximum absolute atomic E-state index is 14.0. The molecule has 39 heavy (non-hydrogen) atoms. The molecular formula is C29H28F3N5O2. The van der Waals surface area contributed by atoms with E-state index in [4.69, 9.17) is 0 Å². The molecule has 0 unspecified atom stereocenters. The molecule has 0 bridgehead atoms. The van der Waals surface area contributed by atoms with Crippen LogP contribution in [0.3, 0.4) is 0 Å². The van der Waals surface area contributed by atoms with Crippen molar-refractivity contribution in [2.75, 3.05) is 0 Å². The van der Waals surface area contributed by atoms with Crippen molar-refractivity contribution in [2.45, 2.75) is 70.2 Å². The van der Waals surface area contributed by atoms with Crippen LogP contribution in [0.25, 0.3) is 16.9 Å². The molecule has 2 heterocycles. The number of hydrogen-bond donors (Lipinski definition) is 1. The van der Waals surface area contributed by atoms with E-state index in [1.807, 2.05) is 43.3 Å². The molecule has 0 spiro atoms. The van der Waals surface area contributed by atoms with Gasteiger partial charge in [0, 0.05) is 18.0 Å². The van der Waals surface area contributed by atoms with Gasteiger partial charge in [-0.25, -0.2) is 4.52 Å². The summed E-state index contributed by atoms with van der Waals surface area (Å²) in [6.07, 6.45) is -2.22. The van der Waals surface area contributed by atoms with Crippen LogP contribution in [0.1, 0.15) is 73.3 Å². The number of rotatable bonds is 6. The molecule has 0 radical (unpaired) electrons. The lowest BCUT2D eigenvalue weighted by molar-refractivity contribution is -0.144. The molecule has 1 N–H and O–H groups in total. The van der Waals surface area contributed by atoms with Gasteiger partial charge in [0.05, 0.1) is 23.4 Å². The van der Waals surface area contributed by atoms with E-state index in [2.05, 4.69) is 16.2 Å². The predicted octanol–water partition coefficient (Wildman–Crippen LogP) is 5.47. The summed E-state index contributed by atoms with van der Waals surface area (Å²) in [4.78, 5) is 17.8. The first-order chi connectivity index (χ1) is 18.7. The van der Waals surface area contributed by atoms with E-state index in [-0.39, 0.29) is 23.8 Å². The minimum atomic E-state index is -4.76. The van der Waals surface area contributed by atoms with E-state index in [1.165, 1.54) is 9.08 Å². The Morgan fingerprint density at radius 1 is 1.08 bits per heavy atom. The normalized spacial score (nSPS) is 17.8. The summed E-state index contributed by atoms with van der Waals surface area (Å²) in [7, 11) is 0. The van der Waals surface area contributed by atoms with Crippen LogP contribution in [0.15, 0.2) is 53.3 Å². The number of halogens is 3. The van der Waals surface area contributed by atoms with Crippen LogP contribution in [0.5, 0.6) is 0 Å². The van der Waals surface area contributed by atoms with Crippen LogP contribution in [0, 0.1) is 11.3 Å². The first-order valence-electron chi connectivity index (χ1n) is 13.1. The van der Waals surface area contributed by atoms with E-state index in [9.17, 15) is 28.3 Å². The molecule has 1 saturated carbocycles. The maximum Gasteiger partial charge on any atom is 0.453 e. The standard InChI is InChI=1S/C29H28F3N5O2/c1-2-5-25-24(16-18-8-10-19(11-9-18)23-7-4-3-6-20(23)17-33)26(39)36(21-12-14-22(38)15-13-21)28-34-27(29(30,31)32)35-37(25)28/h3-4,6-11,21-22,38H,2,5,12-16H2,1H3. The van der Waals surface area contributed by atoms with E-state index in [0.717, 1.165) is 16.7 Å². The van der Waals surface area contributed by atoms with E-state index >= 15 is 0 Å². The van der Waals surface area contributed by atoms with Gasteiger partial charge in [-0.2, -0.15) is 23.4 Å². The number of alkyl halides is 3. The van der Waals surface area contributed by atoms with Gasteiger partial charge in [-0.15, -0.1) is 5.10 Å². The zero-order chi connectivity index (χ0) is 27.7. The Hall–Kier alpha value is -3.97. The van der Waals surface area contributed by atoms with E-state index in [0.29, 0.717) is 55.3 Å². The number of nitriles is 1. The van der Waals surface area contributed by atoms with Gasteiger partial charge >= 0.3 is 6.18 Å². The number of aryl methyl sites for hydroxylation is 1. The molecule has 0 aliphatic heterocycles. The zero-order valence-corrected chi connectivity index (χ0v) is 21.4. The Bertz CT molecular complexity index is 1590. The largest absolute Gasteiger partial charge is 0.453 e. The second-order valence-corrected chi connectivity index (χ2v) is 9.99. The minimum Gasteiger partial charge on any atom is -0.393 e. The molecule has 0 amide bonds. The average molecular weight is 536 g/mol. The Kier molecular flexibility index (Phi) is 7.28. The van der Waals surface area contributed by atoms with Gasteiger partial charge in [-0.1, -0.05) is 55.8 Å². The Morgan fingerprint density at radius 3 is 2.41 bits per heavy atom. The fourth-order valence-electron chi connectivity index (χ4n) is 5.40. The van der Waals surface area contributed by atoms with E-state index < -0.39 is 18.1 Å². The van der Waals surface area contributed by atoms with Gasteiger partial charge < -0.3 is 5.11 Å². The van der Waals surface area contributed by atoms with Gasteiger partial charge in [0.1, 0.15) is 0 Å². The van der Waals surface area contributed by atoms with Crippen molar-refractivity contribution in [3.8, 4) is 17.2 Å². The highest BCUT2D eigenvalue weighted by Crippen LogP contribution is 2.32. The van der Waals surface area contributed by atoms with Crippen LogP contribution in [-0.4, -0.2) is 30.4 Å². The fourth-order valence-corrected chi connectivity index (χ4v) is 5.40. The molecule has 4 aromatic rings. The first kappa shape index (κ1) is 26.6. The molecule has 2 aromatic heterocycles. The highest BCUT2D eigenvalue weighted by atomic mass is 19.4. The molecule has 0 saturated heterocycles. The molecule has 1 aliphatic carbocycles. The van der Waals surface area contributed by atoms with Crippen LogP contribution in [-0.2, 0) is 19.0 Å². The first-order valence-corrected chi connectivity index (χ1v) is 13.1. The summed E-state index contributed by atoms with van der Waals surface area (Å²) < 4.78 is 43.6. The molecule has 2 aromatic carbocycles. The molecule has 1 fully saturated rings. The quantitative estimate of drug-likeness (QED) is 0.353. The van der Waals surface area contributed by atoms with Crippen LogP contribution in [0.4, 0.5) is 13.2 Å². The van der Waals surface area contributed by atoms with Gasteiger partial charge in [0.2, 0.25) is 5.78 Å². The van der Waals surface area contributed by atoms with Crippen molar-refractivity contribution < 1.29 is 18.3 Å². The van der Waals surface area contributed by atoms with Crippen molar-refractivity contribution in [1.29, 1.82) is 5.26 Å². The lowest BCUT2D eigenvalue weighted by Crippen LogP contribution is -2.34. The minimum absolute atomic E-state index is 0.107. The number of nitrogens with zero attached hydrogens (tertiary/aromatic N) is 5. The molecule has 10 heteroatoms. The predicted molar refractivity (Wildman–Crippen MR) is 139 cm³/mol. The topological polar surface area (TPSA) is 96.2 Å². The summed E-state index contributed by atoms with van der Waals surface area (Å²) in [6, 6.07) is 16.6. The van der Waals surface area contributed by atoms with Crippen molar-refractivity contribution >= 4 is 5.78 Å². The number of benzene rings is 2. The molecular weight excluding hydrogens is 507 g/mol. The zero-order valence-electron chi connectivity index (χ0n) is 21.4. The lowest BCUT2D eigenvalue weighted by atomic mass is 9.92. The second-order valence-electron chi connectivity index (χ2n) is 9.99. The highest BCUT2D eigenvalue weighted by molar-refractivity contribution is 5.70. The van der Waals surface area contributed by atoms with Gasteiger partial charge in [0.25, 0.3) is 11.4 Å². The lowest BCUT2D eigenvalue weighted by Gasteiger charge is -2.28. The van der Waals surface area contributed by atoms with Gasteiger partial charge in [0.15, 0.2) is 0 Å². The third-order valence-electron chi connectivity index (χ3n) is 7.35. The summed E-state index contributed by atoms with van der Waals surface area (Å²) in [5.41, 5.74) is 3.45. The molecule has 5 rings (SSSR count). The monoisotopic (exact) mass is 535 g/mol. The molecule has 7 nitrogen and oxygen atoms in total. The number of aliphatic hydroxyl groups excluding tert-OH is 1. The summed E-state index contributed by atoms with van der Waals surface area (Å²) in [6.45, 7) is 1.90. The average Bonchev–Trinajstić information content (AvgIpc) is 3.38. The van der Waals surface area contributed by atoms with Crippen LogP contribution >= 0.6 is 0 Å². The number of hydrogen-bond acceptors (Lipinski definition) is 5. The van der Waals surface area contributed by atoms with Crippen LogP contribution < -0.4 is 5.56 Å². The third-order valence-corrected chi connectivity index (χ3v) is 7.35. The number of aromatic nitrogens is 4. The van der Waals surface area contributed by atoms with Gasteiger partial charge in [-0.3, -0.25) is 9.36 Å². The molecule has 0 atom stereocenters. The Labute approximate surface area is 223 Å². The van der Waals surface area contributed by atoms with E-state index in [1.54, 1.807) is 12.1 Å². The summed E-state index contributed by atoms with van der Waals surface area (Å²) >= 11 is 0. The SMILES string of the molecule is CCCc1c(Cc2ccc(-c3ccccc3C#N)cc2)c(=O)n(C2CCC(O)CC2)c2nc(C(F)(F)F)nn12. The smallest absolute Gasteiger partial charge is 0.393 e. The highest BCUT2D eigenvalue weighted by Gasteiger charge is 2.38. The third kappa shape index (κ3) is 5.19. The van der Waals surface area contributed by atoms with Crippen molar-refractivity contribution in [2.24, 2.45) is 0 Å². The summed E-state index contributed by atoms with van der Waals surface area (Å²) in [5.74, 6) is -1.38. The molecule has 1 aliphatic rings. The second kappa shape index (κ2) is 10.7. The van der Waals surface area contributed by atoms with Crippen molar-refractivity contribution in [3.05, 3.63) is 87.1 Å². The van der Waals surface area contributed by atoms with Gasteiger partial charge in [-0.05, 0) is 54.9 Å². The maximum atomic E-state index is 14.0. The van der Waals surface area contributed by atoms with Crippen molar-refractivity contribution in [1.82, 2.24) is 19.2 Å². The number of fused-ring (bicyclic) bond motifs is 1.